The second-order valence-electron chi connectivity index (χ2n) is 4.64. The molecule has 3 heteroatoms. The largest absolute Gasteiger partial charge is 0.496 e. The van der Waals surface area contributed by atoms with E-state index in [1.54, 1.807) is 7.11 Å². The van der Waals surface area contributed by atoms with E-state index >= 15 is 0 Å². The number of benzene rings is 1. The Labute approximate surface area is 114 Å². The van der Waals surface area contributed by atoms with Gasteiger partial charge in [-0.1, -0.05) is 17.7 Å². The molecule has 0 fully saturated rings. The highest BCUT2D eigenvalue weighted by Gasteiger charge is 2.17. The smallest absolute Gasteiger partial charge is 0.122 e. The molecular weight excluding hydrogens is 236 g/mol. The highest BCUT2D eigenvalue weighted by molar-refractivity contribution is 5.44. The number of nitrogens with one attached hydrogen (secondary N) is 1. The van der Waals surface area contributed by atoms with Gasteiger partial charge in [-0.3, -0.25) is 4.98 Å². The van der Waals surface area contributed by atoms with E-state index in [0.717, 1.165) is 12.3 Å². The summed E-state index contributed by atoms with van der Waals surface area (Å²) in [5, 5.41) is 3.26. The molecule has 0 aliphatic heterocycles. The summed E-state index contributed by atoms with van der Waals surface area (Å²) >= 11 is 0. The molecule has 1 unspecified atom stereocenters. The molecule has 1 atom stereocenters. The summed E-state index contributed by atoms with van der Waals surface area (Å²) in [4.78, 5) is 4.09. The third-order valence-corrected chi connectivity index (χ3v) is 3.28. The van der Waals surface area contributed by atoms with Crippen LogP contribution in [0.1, 0.15) is 22.6 Å². The molecule has 0 aliphatic rings. The lowest BCUT2D eigenvalue weighted by Gasteiger charge is -2.20. The zero-order chi connectivity index (χ0) is 13.7. The van der Waals surface area contributed by atoms with Crippen molar-refractivity contribution in [3.05, 3.63) is 59.4 Å². The molecule has 1 heterocycles. The Morgan fingerprint density at radius 2 is 1.95 bits per heavy atom. The zero-order valence-electron chi connectivity index (χ0n) is 11.7. The van der Waals surface area contributed by atoms with E-state index in [4.69, 9.17) is 4.74 Å². The van der Waals surface area contributed by atoms with E-state index in [2.05, 4.69) is 41.5 Å². The van der Waals surface area contributed by atoms with Gasteiger partial charge in [0.15, 0.2) is 0 Å². The summed E-state index contributed by atoms with van der Waals surface area (Å²) < 4.78 is 5.51. The number of methoxy groups -OCH3 is 1. The Kier molecular flexibility index (Phi) is 4.53. The van der Waals surface area contributed by atoms with Crippen LogP contribution in [0.4, 0.5) is 0 Å². The predicted octanol–water partition coefficient (Wildman–Crippen LogP) is 2.75. The van der Waals surface area contributed by atoms with Crippen LogP contribution in [0.25, 0.3) is 0 Å². The molecule has 2 aromatic rings. The monoisotopic (exact) mass is 256 g/mol. The minimum atomic E-state index is 0.267. The quantitative estimate of drug-likeness (QED) is 0.893. The van der Waals surface area contributed by atoms with Gasteiger partial charge in [0.2, 0.25) is 0 Å². The Hall–Kier alpha value is -1.87. The lowest BCUT2D eigenvalue weighted by Crippen LogP contribution is -2.19. The number of aryl methyl sites for hydroxylation is 1. The molecule has 1 aromatic carbocycles. The minimum Gasteiger partial charge on any atom is -0.496 e. The Morgan fingerprint density at radius 1 is 1.21 bits per heavy atom. The van der Waals surface area contributed by atoms with Gasteiger partial charge in [-0.2, -0.15) is 0 Å². The second kappa shape index (κ2) is 6.34. The predicted molar refractivity (Wildman–Crippen MR) is 77.7 cm³/mol. The first-order valence-corrected chi connectivity index (χ1v) is 6.45. The Morgan fingerprint density at radius 3 is 2.58 bits per heavy atom. The molecule has 0 aliphatic carbocycles. The summed E-state index contributed by atoms with van der Waals surface area (Å²) in [5.74, 6) is 1.20. The van der Waals surface area contributed by atoms with Crippen LogP contribution in [0.3, 0.4) is 0 Å². The van der Waals surface area contributed by atoms with Crippen LogP contribution in [0, 0.1) is 6.92 Å². The van der Waals surface area contributed by atoms with Crippen LogP contribution in [-0.4, -0.2) is 25.7 Å². The van der Waals surface area contributed by atoms with Crippen molar-refractivity contribution in [3.63, 3.8) is 0 Å². The summed E-state index contributed by atoms with van der Waals surface area (Å²) in [5.41, 5.74) is 3.70. The fourth-order valence-corrected chi connectivity index (χ4v) is 2.33. The normalized spacial score (nSPS) is 12.2. The van der Waals surface area contributed by atoms with Gasteiger partial charge in [0.25, 0.3) is 0 Å². The van der Waals surface area contributed by atoms with Gasteiger partial charge >= 0.3 is 0 Å². The number of pyridine rings is 1. The van der Waals surface area contributed by atoms with Gasteiger partial charge in [0.1, 0.15) is 5.75 Å². The first-order chi connectivity index (χ1) is 9.26. The zero-order valence-corrected chi connectivity index (χ0v) is 11.7. The molecule has 0 saturated carbocycles. The SMILES string of the molecule is CNCC(c1ccncc1)c1cc(C)ccc1OC. The van der Waals surface area contributed by atoms with E-state index < -0.39 is 0 Å². The van der Waals surface area contributed by atoms with E-state index in [9.17, 15) is 0 Å². The number of likely N-dealkylation sites (N-methyl/N-ethyl adjacent to an activating group) is 1. The molecular formula is C16H20N2O. The van der Waals surface area contributed by atoms with Crippen LogP contribution in [0.5, 0.6) is 5.75 Å². The second-order valence-corrected chi connectivity index (χ2v) is 4.64. The lowest BCUT2D eigenvalue weighted by molar-refractivity contribution is 0.407. The highest BCUT2D eigenvalue weighted by Crippen LogP contribution is 2.32. The van der Waals surface area contributed by atoms with E-state index in [1.165, 1.54) is 16.7 Å². The van der Waals surface area contributed by atoms with Crippen molar-refractivity contribution in [2.24, 2.45) is 0 Å². The molecule has 19 heavy (non-hydrogen) atoms. The summed E-state index contributed by atoms with van der Waals surface area (Å²) in [7, 11) is 3.69. The van der Waals surface area contributed by atoms with Crippen molar-refractivity contribution in [2.45, 2.75) is 12.8 Å². The third-order valence-electron chi connectivity index (χ3n) is 3.28. The average molecular weight is 256 g/mol. The van der Waals surface area contributed by atoms with Crippen molar-refractivity contribution in [1.29, 1.82) is 0 Å². The molecule has 0 spiro atoms. The van der Waals surface area contributed by atoms with Gasteiger partial charge in [-0.05, 0) is 37.7 Å². The molecule has 0 bridgehead atoms. The van der Waals surface area contributed by atoms with Crippen molar-refractivity contribution in [2.75, 3.05) is 20.7 Å². The fourth-order valence-electron chi connectivity index (χ4n) is 2.33. The number of hydrogen-bond donors (Lipinski definition) is 1. The molecule has 1 aromatic heterocycles. The maximum atomic E-state index is 5.51. The van der Waals surface area contributed by atoms with Crippen molar-refractivity contribution in [3.8, 4) is 5.75 Å². The van der Waals surface area contributed by atoms with Gasteiger partial charge in [-0.15, -0.1) is 0 Å². The topological polar surface area (TPSA) is 34.2 Å². The van der Waals surface area contributed by atoms with Gasteiger partial charge in [-0.25, -0.2) is 0 Å². The van der Waals surface area contributed by atoms with E-state index in [1.807, 2.05) is 25.5 Å². The minimum absolute atomic E-state index is 0.267. The third kappa shape index (κ3) is 3.12. The molecule has 0 amide bonds. The van der Waals surface area contributed by atoms with E-state index in [0.29, 0.717) is 0 Å². The molecule has 0 saturated heterocycles. The van der Waals surface area contributed by atoms with Crippen LogP contribution in [0.15, 0.2) is 42.7 Å². The fraction of sp³-hybridized carbons (Fsp3) is 0.312. The number of hydrogen-bond acceptors (Lipinski definition) is 3. The highest BCUT2D eigenvalue weighted by atomic mass is 16.5. The van der Waals surface area contributed by atoms with Crippen molar-refractivity contribution < 1.29 is 4.74 Å². The van der Waals surface area contributed by atoms with Crippen molar-refractivity contribution in [1.82, 2.24) is 10.3 Å². The van der Waals surface area contributed by atoms with E-state index in [-0.39, 0.29) is 5.92 Å². The van der Waals surface area contributed by atoms with Crippen LogP contribution in [-0.2, 0) is 0 Å². The summed E-state index contributed by atoms with van der Waals surface area (Å²) in [6.07, 6.45) is 3.67. The maximum Gasteiger partial charge on any atom is 0.122 e. The standard InChI is InChI=1S/C16H20N2O/c1-12-4-5-16(19-3)14(10-12)15(11-17-2)13-6-8-18-9-7-13/h4-10,15,17H,11H2,1-3H3. The first kappa shape index (κ1) is 13.6. The van der Waals surface area contributed by atoms with Crippen LogP contribution < -0.4 is 10.1 Å². The number of nitrogens with zero attached hydrogens (tertiary/aromatic N) is 1. The number of rotatable bonds is 5. The van der Waals surface area contributed by atoms with Crippen LogP contribution in [0.2, 0.25) is 0 Å². The van der Waals surface area contributed by atoms with Crippen molar-refractivity contribution >= 4 is 0 Å². The molecule has 3 nitrogen and oxygen atoms in total. The molecule has 0 radical (unpaired) electrons. The van der Waals surface area contributed by atoms with Gasteiger partial charge in [0.05, 0.1) is 7.11 Å². The molecule has 2 rings (SSSR count). The number of aromatic nitrogens is 1. The molecule has 100 valence electrons. The first-order valence-electron chi connectivity index (χ1n) is 6.45. The maximum absolute atomic E-state index is 5.51. The average Bonchev–Trinajstić information content (AvgIpc) is 2.45. The molecule has 1 N–H and O–H groups in total. The Balaban J connectivity index is 2.47. The number of ether oxygens (including phenoxy) is 1. The summed E-state index contributed by atoms with van der Waals surface area (Å²) in [6, 6.07) is 10.4. The lowest BCUT2D eigenvalue weighted by atomic mass is 9.90. The Bertz CT molecular complexity index is 526. The van der Waals surface area contributed by atoms with Gasteiger partial charge in [0, 0.05) is 30.4 Å². The summed E-state index contributed by atoms with van der Waals surface area (Å²) in [6.45, 7) is 2.97. The van der Waals surface area contributed by atoms with Crippen LogP contribution >= 0.6 is 0 Å². The van der Waals surface area contributed by atoms with Gasteiger partial charge < -0.3 is 10.1 Å².